The lowest BCUT2D eigenvalue weighted by Crippen LogP contribution is -2.14. The molecule has 0 fully saturated rings. The Morgan fingerprint density at radius 3 is 2.32 bits per heavy atom. The third-order valence-corrected chi connectivity index (χ3v) is 5.45. The van der Waals surface area contributed by atoms with Crippen molar-refractivity contribution in [2.75, 3.05) is 25.7 Å². The van der Waals surface area contributed by atoms with Crippen molar-refractivity contribution in [2.45, 2.75) is 27.2 Å². The molecule has 31 heavy (non-hydrogen) atoms. The Hall–Kier alpha value is -2.50. The topological polar surface area (TPSA) is 44.7 Å². The number of halogens is 1. The van der Waals surface area contributed by atoms with Crippen molar-refractivity contribution in [3.05, 3.63) is 88.8 Å². The summed E-state index contributed by atoms with van der Waals surface area (Å²) in [5.74, 6) is -0.0997. The van der Waals surface area contributed by atoms with Crippen LogP contribution in [0.4, 0.5) is 5.69 Å². The number of carbonyl (C=O) groups is 1. The summed E-state index contributed by atoms with van der Waals surface area (Å²) in [4.78, 5) is 18.4. The van der Waals surface area contributed by atoms with Crippen LogP contribution in [0.5, 0.6) is 0 Å². The first kappa shape index (κ1) is 26.5. The highest BCUT2D eigenvalue weighted by Gasteiger charge is 2.12. The molecular formula is C25H32ClN3OS. The molecule has 0 atom stereocenters. The standard InChI is InChI=1S/C16H16ClNO.C9H16N2S/c1-11-3-8-14(9-4-11)18-16(19)15-10-7-13(17)6-5-12(15)2;1-7(8(2)11(4)5)10-9(3)12-6/h3-4,6-10H,5H2,1-2H3,(H,18,19);1-2H2,3-6H3. The predicted molar refractivity (Wildman–Crippen MR) is 139 cm³/mol. The van der Waals surface area contributed by atoms with E-state index in [4.69, 9.17) is 11.6 Å². The summed E-state index contributed by atoms with van der Waals surface area (Å²) in [5, 5.41) is 4.56. The molecule has 0 bridgehead atoms. The Morgan fingerprint density at radius 2 is 1.77 bits per heavy atom. The molecule has 1 aliphatic rings. The third kappa shape index (κ3) is 9.45. The molecule has 0 aliphatic heterocycles. The maximum atomic E-state index is 12.2. The number of amides is 1. The van der Waals surface area contributed by atoms with Crippen LogP contribution in [0.2, 0.25) is 0 Å². The highest BCUT2D eigenvalue weighted by molar-refractivity contribution is 8.13. The molecular weight excluding hydrogens is 426 g/mol. The summed E-state index contributed by atoms with van der Waals surface area (Å²) in [6.45, 7) is 13.6. The monoisotopic (exact) mass is 457 g/mol. The van der Waals surface area contributed by atoms with Gasteiger partial charge >= 0.3 is 0 Å². The molecule has 0 spiro atoms. The van der Waals surface area contributed by atoms with Crippen LogP contribution in [-0.2, 0) is 4.79 Å². The van der Waals surface area contributed by atoms with Crippen LogP contribution in [0.1, 0.15) is 25.8 Å². The number of thioether (sulfide) groups is 1. The summed E-state index contributed by atoms with van der Waals surface area (Å²) < 4.78 is 0. The highest BCUT2D eigenvalue weighted by Crippen LogP contribution is 2.21. The summed E-state index contributed by atoms with van der Waals surface area (Å²) in [6.07, 6.45) is 8.11. The van der Waals surface area contributed by atoms with Crippen molar-refractivity contribution in [3.8, 4) is 0 Å². The van der Waals surface area contributed by atoms with Gasteiger partial charge in [0.2, 0.25) is 0 Å². The Balaban J connectivity index is 0.000000348. The zero-order valence-corrected chi connectivity index (χ0v) is 20.8. The minimum Gasteiger partial charge on any atom is -0.376 e. The lowest BCUT2D eigenvalue weighted by molar-refractivity contribution is -0.112. The van der Waals surface area contributed by atoms with E-state index in [0.29, 0.717) is 17.0 Å². The number of allylic oxidation sites excluding steroid dienone is 4. The molecule has 6 heteroatoms. The van der Waals surface area contributed by atoms with Gasteiger partial charge in [0, 0.05) is 30.4 Å². The summed E-state index contributed by atoms with van der Waals surface area (Å²) in [6, 6.07) is 7.74. The second kappa shape index (κ2) is 13.0. The Kier molecular flexibility index (Phi) is 11.2. The number of hydrogen-bond acceptors (Lipinski definition) is 4. The summed E-state index contributed by atoms with van der Waals surface area (Å²) >= 11 is 7.56. The van der Waals surface area contributed by atoms with Crippen LogP contribution in [0, 0.1) is 6.92 Å². The van der Waals surface area contributed by atoms with E-state index in [1.807, 2.05) is 76.4 Å². The second-order valence-corrected chi connectivity index (χ2v) is 8.70. The largest absolute Gasteiger partial charge is 0.376 e. The van der Waals surface area contributed by atoms with Gasteiger partial charge in [-0.1, -0.05) is 54.1 Å². The Labute approximate surface area is 196 Å². The fourth-order valence-corrected chi connectivity index (χ4v) is 2.74. The van der Waals surface area contributed by atoms with Crippen molar-refractivity contribution in [3.63, 3.8) is 0 Å². The lowest BCUT2D eigenvalue weighted by atomic mass is 10.1. The number of hydrogen-bond donors (Lipinski definition) is 1. The van der Waals surface area contributed by atoms with Crippen LogP contribution >= 0.6 is 23.4 Å². The van der Waals surface area contributed by atoms with Crippen molar-refractivity contribution in [1.29, 1.82) is 0 Å². The minimum absolute atomic E-state index is 0.0997. The van der Waals surface area contributed by atoms with Crippen LogP contribution in [0.3, 0.4) is 0 Å². The van der Waals surface area contributed by atoms with E-state index < -0.39 is 0 Å². The zero-order valence-electron chi connectivity index (χ0n) is 19.3. The van der Waals surface area contributed by atoms with E-state index >= 15 is 0 Å². The van der Waals surface area contributed by atoms with E-state index in [1.165, 1.54) is 5.56 Å². The minimum atomic E-state index is -0.0997. The van der Waals surface area contributed by atoms with Gasteiger partial charge in [0.05, 0.1) is 16.4 Å². The van der Waals surface area contributed by atoms with E-state index in [1.54, 1.807) is 23.9 Å². The van der Waals surface area contributed by atoms with Crippen LogP contribution in [-0.4, -0.2) is 36.2 Å². The van der Waals surface area contributed by atoms with Crippen molar-refractivity contribution < 1.29 is 4.79 Å². The van der Waals surface area contributed by atoms with Crippen LogP contribution in [0.15, 0.2) is 88.2 Å². The quantitative estimate of drug-likeness (QED) is 0.304. The van der Waals surface area contributed by atoms with Gasteiger partial charge in [-0.3, -0.25) is 4.79 Å². The number of benzene rings is 1. The van der Waals surface area contributed by atoms with Crippen molar-refractivity contribution in [1.82, 2.24) is 4.90 Å². The van der Waals surface area contributed by atoms with Crippen LogP contribution < -0.4 is 5.32 Å². The van der Waals surface area contributed by atoms with Gasteiger partial charge in [0.15, 0.2) is 0 Å². The molecule has 4 nitrogen and oxygen atoms in total. The fraction of sp³-hybridized carbons (Fsp3) is 0.280. The molecule has 0 heterocycles. The number of rotatable bonds is 5. The first-order valence-corrected chi connectivity index (χ1v) is 11.4. The smallest absolute Gasteiger partial charge is 0.255 e. The van der Waals surface area contributed by atoms with Gasteiger partial charge in [-0.2, -0.15) is 0 Å². The summed E-state index contributed by atoms with van der Waals surface area (Å²) in [7, 11) is 3.86. The Morgan fingerprint density at radius 1 is 1.16 bits per heavy atom. The fourth-order valence-electron chi connectivity index (χ4n) is 2.40. The molecule has 166 valence electrons. The van der Waals surface area contributed by atoms with Gasteiger partial charge < -0.3 is 10.2 Å². The predicted octanol–water partition coefficient (Wildman–Crippen LogP) is 6.69. The average molecular weight is 458 g/mol. The lowest BCUT2D eigenvalue weighted by Gasteiger charge is -2.15. The molecule has 1 aliphatic carbocycles. The highest BCUT2D eigenvalue weighted by atomic mass is 35.5. The first-order valence-electron chi connectivity index (χ1n) is 9.81. The van der Waals surface area contributed by atoms with Gasteiger partial charge in [0.1, 0.15) is 0 Å². The van der Waals surface area contributed by atoms with E-state index in [-0.39, 0.29) is 5.91 Å². The molecule has 2 rings (SSSR count). The van der Waals surface area contributed by atoms with E-state index in [0.717, 1.165) is 27.7 Å². The maximum absolute atomic E-state index is 12.2. The van der Waals surface area contributed by atoms with Gasteiger partial charge in [-0.15, -0.1) is 11.8 Å². The molecule has 0 radical (unpaired) electrons. The molecule has 1 amide bonds. The number of carbonyl (C=O) groups excluding carboxylic acids is 1. The Bertz CT molecular complexity index is 938. The van der Waals surface area contributed by atoms with Gasteiger partial charge in [0.25, 0.3) is 5.91 Å². The maximum Gasteiger partial charge on any atom is 0.255 e. The number of likely N-dealkylation sites (N-methyl/N-ethyl adjacent to an activating group) is 1. The van der Waals surface area contributed by atoms with Crippen molar-refractivity contribution >= 4 is 40.0 Å². The molecule has 1 aromatic rings. The van der Waals surface area contributed by atoms with Gasteiger partial charge in [-0.25, -0.2) is 4.99 Å². The molecule has 1 N–H and O–H groups in total. The van der Waals surface area contributed by atoms with Crippen LogP contribution in [0.25, 0.3) is 0 Å². The number of aryl methyl sites for hydroxylation is 1. The van der Waals surface area contributed by atoms with E-state index in [9.17, 15) is 4.79 Å². The molecule has 0 saturated carbocycles. The number of anilines is 1. The first-order chi connectivity index (χ1) is 14.5. The SMILES string of the molecule is C=C(N=C(C)SC)C(=C)N(C)C.CC1=C(C(=O)Nc2ccc(C)cc2)C=CC(Cl)=CC1. The van der Waals surface area contributed by atoms with Gasteiger partial charge in [-0.05, 0) is 57.7 Å². The second-order valence-electron chi connectivity index (χ2n) is 7.26. The van der Waals surface area contributed by atoms with Crippen molar-refractivity contribution in [2.24, 2.45) is 4.99 Å². The normalized spacial score (nSPS) is 13.5. The molecule has 0 unspecified atom stereocenters. The number of nitrogens with one attached hydrogen (secondary N) is 1. The zero-order chi connectivity index (χ0) is 23.6. The molecule has 1 aromatic carbocycles. The number of aliphatic imine (C=N–C) groups is 1. The molecule has 0 aromatic heterocycles. The third-order valence-electron chi connectivity index (χ3n) is 4.49. The average Bonchev–Trinajstić information content (AvgIpc) is 2.90. The number of nitrogens with zero attached hydrogens (tertiary/aromatic N) is 2. The van der Waals surface area contributed by atoms with E-state index in [2.05, 4.69) is 23.5 Å². The molecule has 0 saturated heterocycles. The summed E-state index contributed by atoms with van der Waals surface area (Å²) in [5.41, 5.74) is 5.23.